The molecule has 2 rings (SSSR count). The van der Waals surface area contributed by atoms with E-state index in [4.69, 9.17) is 0 Å². The van der Waals surface area contributed by atoms with Crippen LogP contribution < -0.4 is 5.32 Å². The van der Waals surface area contributed by atoms with E-state index in [1.165, 1.54) is 12.1 Å². The molecule has 0 fully saturated rings. The van der Waals surface area contributed by atoms with Gasteiger partial charge in [0, 0.05) is 23.9 Å². The van der Waals surface area contributed by atoms with Gasteiger partial charge in [-0.25, -0.2) is 22.8 Å². The largest absolute Gasteiger partial charge is 0.388 e. The zero-order chi connectivity index (χ0) is 16.9. The molecule has 0 saturated heterocycles. The molecule has 0 radical (unpaired) electrons. The van der Waals surface area contributed by atoms with Crippen molar-refractivity contribution in [3.63, 3.8) is 0 Å². The number of hydrogen-bond donors (Lipinski definition) is 1. The van der Waals surface area contributed by atoms with Gasteiger partial charge in [0.15, 0.2) is 9.84 Å². The Bertz CT molecular complexity index is 723. The molecule has 1 aliphatic rings. The van der Waals surface area contributed by atoms with Crippen molar-refractivity contribution in [2.75, 3.05) is 12.3 Å². The van der Waals surface area contributed by atoms with Crippen LogP contribution in [0, 0.1) is 0 Å². The van der Waals surface area contributed by atoms with Crippen LogP contribution in [0.4, 0.5) is 4.79 Å². The maximum Gasteiger partial charge on any atom is 0.388 e. The third kappa shape index (κ3) is 4.54. The fourth-order valence-electron chi connectivity index (χ4n) is 1.56. The number of rotatable bonds is 4. The Labute approximate surface area is 131 Å². The van der Waals surface area contributed by atoms with Crippen LogP contribution >= 0.6 is 0 Å². The van der Waals surface area contributed by atoms with E-state index in [-0.39, 0.29) is 22.4 Å². The fraction of sp³-hybridized carbons (Fsp3) is 0.154. The minimum atomic E-state index is -3.58. The summed E-state index contributed by atoms with van der Waals surface area (Å²) in [6, 6.07) is 6.61. The first-order chi connectivity index (χ1) is 10.9. The summed E-state index contributed by atoms with van der Waals surface area (Å²) in [4.78, 5) is 42.9. The summed E-state index contributed by atoms with van der Waals surface area (Å²) >= 11 is 0. The molecule has 1 aromatic carbocycles. The highest BCUT2D eigenvalue weighted by Gasteiger charge is 2.25. The summed E-state index contributed by atoms with van der Waals surface area (Å²) in [5.74, 6) is -2.35. The standard InChI is InChI=1S/C13H12N2O7S/c16-11-6-7-12(17)22-15(21-11)13(18)14-8-9-23(19,20)10-4-2-1-3-5-10/h1-7H,8-9H2,(H,14,18). The average Bonchev–Trinajstić information content (AvgIpc) is 2.69. The van der Waals surface area contributed by atoms with Gasteiger partial charge in [0.2, 0.25) is 0 Å². The molecule has 1 aliphatic heterocycles. The number of carbonyl (C=O) groups excluding carboxylic acids is 3. The topological polar surface area (TPSA) is 119 Å². The quantitative estimate of drug-likeness (QED) is 0.816. The molecule has 0 atom stereocenters. The molecule has 0 unspecified atom stereocenters. The maximum absolute atomic E-state index is 12.0. The number of benzene rings is 1. The number of nitrogens with one attached hydrogen (secondary N) is 1. The van der Waals surface area contributed by atoms with Crippen molar-refractivity contribution in [2.45, 2.75) is 4.90 Å². The van der Waals surface area contributed by atoms with E-state index in [2.05, 4.69) is 15.0 Å². The number of amides is 2. The number of hydrogen-bond acceptors (Lipinski definition) is 7. The van der Waals surface area contributed by atoms with Gasteiger partial charge in [0.25, 0.3) is 0 Å². The van der Waals surface area contributed by atoms with Gasteiger partial charge in [0.1, 0.15) is 0 Å². The van der Waals surface area contributed by atoms with Crippen LogP contribution in [-0.4, -0.2) is 43.9 Å². The molecule has 9 nitrogen and oxygen atoms in total. The molecule has 0 aliphatic carbocycles. The van der Waals surface area contributed by atoms with Crippen LogP contribution in [0.15, 0.2) is 47.4 Å². The molecule has 1 heterocycles. The van der Waals surface area contributed by atoms with Crippen molar-refractivity contribution in [2.24, 2.45) is 0 Å². The van der Waals surface area contributed by atoms with E-state index in [1.54, 1.807) is 18.2 Å². The van der Waals surface area contributed by atoms with Gasteiger partial charge in [-0.05, 0) is 12.1 Å². The molecule has 122 valence electrons. The Morgan fingerprint density at radius 3 is 2.17 bits per heavy atom. The lowest BCUT2D eigenvalue weighted by molar-refractivity contribution is -0.282. The van der Waals surface area contributed by atoms with E-state index >= 15 is 0 Å². The summed E-state index contributed by atoms with van der Waals surface area (Å²) in [7, 11) is -3.58. The lowest BCUT2D eigenvalue weighted by Crippen LogP contribution is -2.42. The highest BCUT2D eigenvalue weighted by atomic mass is 32.2. The summed E-state index contributed by atoms with van der Waals surface area (Å²) in [6.07, 6.45) is 1.57. The smallest absolute Gasteiger partial charge is 0.332 e. The van der Waals surface area contributed by atoms with Crippen LogP contribution in [-0.2, 0) is 29.1 Å². The van der Waals surface area contributed by atoms with Gasteiger partial charge in [-0.3, -0.25) is 9.68 Å². The number of nitrogens with zero attached hydrogens (tertiary/aromatic N) is 1. The van der Waals surface area contributed by atoms with Gasteiger partial charge in [-0.15, -0.1) is 0 Å². The second-order valence-electron chi connectivity index (χ2n) is 4.27. The molecular weight excluding hydrogens is 328 g/mol. The minimum Gasteiger partial charge on any atom is -0.332 e. The van der Waals surface area contributed by atoms with Crippen LogP contribution in [0.5, 0.6) is 0 Å². The van der Waals surface area contributed by atoms with Crippen molar-refractivity contribution in [3.8, 4) is 0 Å². The second-order valence-corrected chi connectivity index (χ2v) is 6.38. The first kappa shape index (κ1) is 16.5. The van der Waals surface area contributed by atoms with Crippen LogP contribution in [0.1, 0.15) is 0 Å². The highest BCUT2D eigenvalue weighted by Crippen LogP contribution is 2.09. The summed E-state index contributed by atoms with van der Waals surface area (Å²) in [5.41, 5.74) is 0. The molecule has 0 aromatic heterocycles. The first-order valence-corrected chi connectivity index (χ1v) is 8.01. The average molecular weight is 340 g/mol. The Kier molecular flexibility index (Phi) is 4.96. The monoisotopic (exact) mass is 340 g/mol. The van der Waals surface area contributed by atoms with E-state index in [9.17, 15) is 22.8 Å². The van der Waals surface area contributed by atoms with Crippen LogP contribution in [0.2, 0.25) is 0 Å². The fourth-order valence-corrected chi connectivity index (χ4v) is 2.74. The Morgan fingerprint density at radius 1 is 1.04 bits per heavy atom. The first-order valence-electron chi connectivity index (χ1n) is 6.36. The van der Waals surface area contributed by atoms with Crippen molar-refractivity contribution in [1.82, 2.24) is 10.5 Å². The van der Waals surface area contributed by atoms with Crippen molar-refractivity contribution in [3.05, 3.63) is 42.5 Å². The number of sulfone groups is 1. The van der Waals surface area contributed by atoms with E-state index < -0.39 is 27.8 Å². The molecule has 2 amide bonds. The lowest BCUT2D eigenvalue weighted by Gasteiger charge is -2.16. The zero-order valence-corrected chi connectivity index (χ0v) is 12.5. The SMILES string of the molecule is O=C1C=CC(=O)ON(C(=O)NCCS(=O)(=O)c2ccccc2)O1. The summed E-state index contributed by atoms with van der Waals surface area (Å²) in [6.45, 7) is -0.269. The van der Waals surface area contributed by atoms with E-state index in [1.807, 2.05) is 0 Å². The predicted molar refractivity (Wildman–Crippen MR) is 75.1 cm³/mol. The molecule has 0 bridgehead atoms. The van der Waals surface area contributed by atoms with Crippen LogP contribution in [0.25, 0.3) is 0 Å². The predicted octanol–water partition coefficient (Wildman–Crippen LogP) is -0.0419. The van der Waals surface area contributed by atoms with Gasteiger partial charge < -0.3 is 5.32 Å². The number of carbonyl (C=O) groups is 3. The number of hydroxylamine groups is 2. The molecule has 1 aromatic rings. The Balaban J connectivity index is 1.90. The summed E-state index contributed by atoms with van der Waals surface area (Å²) in [5, 5.41) is 2.23. The third-order valence-electron chi connectivity index (χ3n) is 2.62. The zero-order valence-electron chi connectivity index (χ0n) is 11.7. The molecule has 0 saturated carbocycles. The van der Waals surface area contributed by atoms with Gasteiger partial charge in [-0.2, -0.15) is 0 Å². The van der Waals surface area contributed by atoms with Crippen LogP contribution in [0.3, 0.4) is 0 Å². The molecule has 0 spiro atoms. The van der Waals surface area contributed by atoms with Crippen molar-refractivity contribution >= 4 is 27.8 Å². The molecule has 23 heavy (non-hydrogen) atoms. The normalized spacial score (nSPS) is 14.7. The van der Waals surface area contributed by atoms with E-state index in [0.717, 1.165) is 12.2 Å². The minimum absolute atomic E-state index is 0.0554. The molecule has 1 N–H and O–H groups in total. The van der Waals surface area contributed by atoms with Crippen molar-refractivity contribution < 1.29 is 32.5 Å². The van der Waals surface area contributed by atoms with E-state index in [0.29, 0.717) is 0 Å². The van der Waals surface area contributed by atoms with Gasteiger partial charge >= 0.3 is 18.0 Å². The lowest BCUT2D eigenvalue weighted by atomic mass is 10.4. The summed E-state index contributed by atoms with van der Waals surface area (Å²) < 4.78 is 24.0. The Hall–Kier alpha value is -2.88. The van der Waals surface area contributed by atoms with Gasteiger partial charge in [0.05, 0.1) is 10.6 Å². The maximum atomic E-state index is 12.0. The molecule has 10 heteroatoms. The highest BCUT2D eigenvalue weighted by molar-refractivity contribution is 7.91. The second kappa shape index (κ2) is 6.92. The third-order valence-corrected chi connectivity index (χ3v) is 4.35. The Morgan fingerprint density at radius 2 is 1.61 bits per heavy atom. The van der Waals surface area contributed by atoms with Crippen molar-refractivity contribution in [1.29, 1.82) is 0 Å². The number of urea groups is 1. The molecular formula is C13H12N2O7S. The van der Waals surface area contributed by atoms with Gasteiger partial charge in [-0.1, -0.05) is 18.2 Å².